The van der Waals surface area contributed by atoms with E-state index in [0.717, 1.165) is 12.8 Å². The molecule has 36 heavy (non-hydrogen) atoms. The van der Waals surface area contributed by atoms with Crippen LogP contribution in [0.2, 0.25) is 0 Å². The number of hydrogen-bond acceptors (Lipinski definition) is 0. The Labute approximate surface area is 244 Å². The van der Waals surface area contributed by atoms with Crippen molar-refractivity contribution in [1.82, 2.24) is 0 Å². The van der Waals surface area contributed by atoms with Crippen molar-refractivity contribution in [3.05, 3.63) is 139 Å². The zero-order valence-corrected chi connectivity index (χ0v) is 25.1. The van der Waals surface area contributed by atoms with Crippen molar-refractivity contribution >= 4 is 11.0 Å². The molecule has 1 aliphatic carbocycles. The van der Waals surface area contributed by atoms with Crippen molar-refractivity contribution in [2.24, 2.45) is 5.92 Å². The Bertz CT molecular complexity index is 848. The average molecular weight is 538 g/mol. The minimum atomic E-state index is -0.250. The zero-order chi connectivity index (χ0) is 24.0. The maximum Gasteiger partial charge on any atom is 4.00 e. The van der Waals surface area contributed by atoms with Crippen molar-refractivity contribution in [3.8, 4) is 0 Å². The zero-order valence-electron chi connectivity index (χ0n) is 23.6. The van der Waals surface area contributed by atoms with E-state index in [-0.39, 0.29) is 53.1 Å². The molecule has 0 fully saturated rings. The number of hydrogen-bond donors (Lipinski definition) is 0. The molecule has 0 spiro atoms. The summed E-state index contributed by atoms with van der Waals surface area (Å²) < 4.78 is 0. The van der Waals surface area contributed by atoms with Crippen molar-refractivity contribution in [1.29, 1.82) is 0 Å². The van der Waals surface area contributed by atoms with E-state index in [0.29, 0.717) is 5.92 Å². The third kappa shape index (κ3) is 20.5. The van der Waals surface area contributed by atoms with Gasteiger partial charge in [-0.3, -0.25) is 6.08 Å². The summed E-state index contributed by atoms with van der Waals surface area (Å²) in [6, 6.07) is 21.0. The molecule has 0 saturated carbocycles. The summed E-state index contributed by atoms with van der Waals surface area (Å²) in [6.07, 6.45) is 14.0. The first-order chi connectivity index (χ1) is 15.1. The topological polar surface area (TPSA) is 23.8 Å². The molecule has 3 rings (SSSR count). The Balaban J connectivity index is -0.000000243. The summed E-state index contributed by atoms with van der Waals surface area (Å²) >= 11 is 0. The predicted molar refractivity (Wildman–Crippen MR) is 167 cm³/mol. The molecule has 1 atom stereocenters. The first-order valence-electron chi connectivity index (χ1n) is 11.5. The van der Waals surface area contributed by atoms with E-state index in [9.17, 15) is 0 Å². The van der Waals surface area contributed by atoms with Gasteiger partial charge in [0.1, 0.15) is 0 Å². The molecule has 1 N–H and O–H groups in total. The van der Waals surface area contributed by atoms with E-state index in [4.69, 9.17) is 5.73 Å². The monoisotopic (exact) mass is 537 g/mol. The van der Waals surface area contributed by atoms with Gasteiger partial charge in [0.15, 0.2) is 0 Å². The molecule has 0 saturated heterocycles. The minimum Gasteiger partial charge on any atom is -0.673 e. The Morgan fingerprint density at radius 2 is 1.11 bits per heavy atom. The third-order valence-corrected chi connectivity index (χ3v) is 5.01. The molecule has 0 bridgehead atoms. The van der Waals surface area contributed by atoms with E-state index < -0.39 is 0 Å². The van der Waals surface area contributed by atoms with Gasteiger partial charge in [0, 0.05) is 0 Å². The van der Waals surface area contributed by atoms with Crippen LogP contribution in [0.1, 0.15) is 59.6 Å². The average Bonchev–Trinajstić information content (AvgIpc) is 2.97. The summed E-state index contributed by atoms with van der Waals surface area (Å²) in [5.74, 6) is 0.560. The summed E-state index contributed by atoms with van der Waals surface area (Å²) in [7, 11) is 0. The molecular weight excluding hydrogens is 486 g/mol. The summed E-state index contributed by atoms with van der Waals surface area (Å²) in [5, 5.41) is 0. The predicted octanol–water partition coefficient (Wildman–Crippen LogP) is 8.59. The SMILES string of the molecule is C(C=CCc1ccccc1)=CCc1ccccc1.CC(C)(C)[NH-].CC1=[C-]C(C)C(C)=C1C.[CH3-].[CH3-].[SiH4].[Ti+4]. The fraction of sp³-hybridized carbons (Fsp3) is 0.333. The molecule has 0 aliphatic heterocycles. The maximum absolute atomic E-state index is 6.94. The molecule has 196 valence electrons. The Kier molecular flexibility index (Phi) is 25.9. The van der Waals surface area contributed by atoms with Crippen LogP contribution in [0.4, 0.5) is 0 Å². The van der Waals surface area contributed by atoms with Crippen LogP contribution in [0.3, 0.4) is 0 Å². The van der Waals surface area contributed by atoms with E-state index >= 15 is 0 Å². The fourth-order valence-electron chi connectivity index (χ4n) is 2.96. The van der Waals surface area contributed by atoms with Gasteiger partial charge in [0.25, 0.3) is 0 Å². The Hall–Kier alpha value is -1.71. The number of allylic oxidation sites excluding steroid dienone is 8. The first-order valence-corrected chi connectivity index (χ1v) is 11.5. The van der Waals surface area contributed by atoms with Crippen LogP contribution in [-0.4, -0.2) is 16.5 Å². The van der Waals surface area contributed by atoms with Crippen LogP contribution in [0.25, 0.3) is 5.73 Å². The van der Waals surface area contributed by atoms with Gasteiger partial charge in [0.05, 0.1) is 0 Å². The summed E-state index contributed by atoms with van der Waals surface area (Å²) in [6.45, 7) is 14.2. The molecule has 0 heterocycles. The van der Waals surface area contributed by atoms with Gasteiger partial charge in [-0.15, -0.1) is 12.5 Å². The second-order valence-electron chi connectivity index (χ2n) is 9.28. The Morgan fingerprint density at radius 1 is 0.778 bits per heavy atom. The van der Waals surface area contributed by atoms with Crippen molar-refractivity contribution < 1.29 is 21.7 Å². The molecular formula is C33H51NSiTi. The molecule has 0 amide bonds. The number of nitrogens with one attached hydrogen (secondary N) is 1. The number of rotatable bonds is 5. The van der Waals surface area contributed by atoms with E-state index in [1.165, 1.54) is 27.8 Å². The van der Waals surface area contributed by atoms with Crippen molar-refractivity contribution in [2.45, 2.75) is 66.8 Å². The minimum absolute atomic E-state index is 0. The van der Waals surface area contributed by atoms with Gasteiger partial charge in [-0.05, 0) is 34.9 Å². The third-order valence-electron chi connectivity index (χ3n) is 5.01. The van der Waals surface area contributed by atoms with Crippen LogP contribution in [-0.2, 0) is 34.6 Å². The van der Waals surface area contributed by atoms with Gasteiger partial charge in [0.2, 0.25) is 0 Å². The normalized spacial score (nSPS) is 14.1. The van der Waals surface area contributed by atoms with Crippen molar-refractivity contribution in [3.63, 3.8) is 0 Å². The van der Waals surface area contributed by atoms with Crippen LogP contribution >= 0.6 is 0 Å². The second kappa shape index (κ2) is 22.5. The molecule has 2 aromatic carbocycles. The first kappa shape index (κ1) is 41.4. The van der Waals surface area contributed by atoms with E-state index in [1.807, 2.05) is 32.9 Å². The Morgan fingerprint density at radius 3 is 1.33 bits per heavy atom. The smallest absolute Gasteiger partial charge is 0.673 e. The molecule has 1 aliphatic rings. The standard InChI is InChI=1S/C18H18.C9H13.C4H10N.2CH3.H4Si.Ti/c1(5-11-17-13-7-3-8-14-17)2-6-12-18-15-9-4-10-16-18;1-6-5-7(2)9(4)8(6)3;1-4(2,3)5;;;;/h1-10,13-16H,11-12H2;6H,1-4H3;5H,1-3H3;2*1H3;1H4;/q;4*-1;;+4. The quantitative estimate of drug-likeness (QED) is 0.207. The van der Waals surface area contributed by atoms with Crippen LogP contribution < -0.4 is 0 Å². The van der Waals surface area contributed by atoms with Crippen LogP contribution in [0.5, 0.6) is 0 Å². The summed E-state index contributed by atoms with van der Waals surface area (Å²) in [4.78, 5) is 0. The van der Waals surface area contributed by atoms with Gasteiger partial charge in [-0.25, -0.2) is 5.57 Å². The molecule has 2 aromatic rings. The molecule has 1 nitrogen and oxygen atoms in total. The van der Waals surface area contributed by atoms with E-state index in [1.54, 1.807) is 0 Å². The van der Waals surface area contributed by atoms with Gasteiger partial charge in [-0.1, -0.05) is 132 Å². The van der Waals surface area contributed by atoms with Gasteiger partial charge >= 0.3 is 21.7 Å². The maximum atomic E-state index is 6.94. The molecule has 1 unspecified atom stereocenters. The fourth-order valence-corrected chi connectivity index (χ4v) is 2.96. The van der Waals surface area contributed by atoms with Gasteiger partial charge in [-0.2, -0.15) is 11.1 Å². The molecule has 0 radical (unpaired) electrons. The molecule has 3 heteroatoms. The van der Waals surface area contributed by atoms with Crippen LogP contribution in [0.15, 0.2) is 102 Å². The van der Waals surface area contributed by atoms with Crippen LogP contribution in [0, 0.1) is 26.8 Å². The second-order valence-corrected chi connectivity index (χ2v) is 9.28. The molecule has 0 aromatic heterocycles. The van der Waals surface area contributed by atoms with E-state index in [2.05, 4.69) is 107 Å². The van der Waals surface area contributed by atoms with Gasteiger partial charge < -0.3 is 20.6 Å². The van der Waals surface area contributed by atoms with Crippen molar-refractivity contribution in [2.75, 3.05) is 0 Å². The summed E-state index contributed by atoms with van der Waals surface area (Å²) in [5.41, 5.74) is 13.6. The largest absolute Gasteiger partial charge is 4.00 e. The number of benzene rings is 2.